The molecule has 1 saturated heterocycles. The molecular weight excluding hydrogens is 214 g/mol. The van der Waals surface area contributed by atoms with Crippen LogP contribution in [0.15, 0.2) is 24.3 Å². The molecule has 2 aromatic rings. The van der Waals surface area contributed by atoms with Crippen molar-refractivity contribution in [2.45, 2.75) is 25.7 Å². The van der Waals surface area contributed by atoms with E-state index in [0.29, 0.717) is 0 Å². The van der Waals surface area contributed by atoms with Crippen LogP contribution in [0.2, 0.25) is 0 Å². The van der Waals surface area contributed by atoms with Crippen LogP contribution in [-0.4, -0.2) is 13.1 Å². The molecule has 1 aromatic heterocycles. The van der Waals surface area contributed by atoms with Crippen molar-refractivity contribution in [1.29, 1.82) is 0 Å². The molecule has 1 fully saturated rings. The van der Waals surface area contributed by atoms with E-state index in [0.717, 1.165) is 5.92 Å². The van der Waals surface area contributed by atoms with Gasteiger partial charge in [-0.3, -0.25) is 0 Å². The van der Waals surface area contributed by atoms with Gasteiger partial charge in [0, 0.05) is 9.58 Å². The van der Waals surface area contributed by atoms with Crippen LogP contribution in [0.25, 0.3) is 10.1 Å². The molecule has 0 amide bonds. The van der Waals surface area contributed by atoms with Gasteiger partial charge in [-0.05, 0) is 61.9 Å². The molecule has 3 rings (SSSR count). The fourth-order valence-electron chi connectivity index (χ4n) is 2.53. The largest absolute Gasteiger partial charge is 0.317 e. The quantitative estimate of drug-likeness (QED) is 0.789. The van der Waals surface area contributed by atoms with Crippen molar-refractivity contribution < 1.29 is 0 Å². The minimum absolute atomic E-state index is 0.790. The minimum Gasteiger partial charge on any atom is -0.317 e. The standard InChI is InChI=1S/C14H17NS/c1-10-3-2-4-13-12(10)9-14(16-13)11-5-7-15-8-6-11/h2-4,9,11,15H,5-8H2,1H3. The predicted molar refractivity (Wildman–Crippen MR) is 71.4 cm³/mol. The fraction of sp³-hybridized carbons (Fsp3) is 0.429. The van der Waals surface area contributed by atoms with E-state index in [1.807, 2.05) is 11.3 Å². The highest BCUT2D eigenvalue weighted by atomic mass is 32.1. The maximum Gasteiger partial charge on any atom is 0.0348 e. The van der Waals surface area contributed by atoms with Gasteiger partial charge in [-0.15, -0.1) is 11.3 Å². The van der Waals surface area contributed by atoms with Crippen molar-refractivity contribution in [1.82, 2.24) is 5.32 Å². The molecule has 0 bridgehead atoms. The van der Waals surface area contributed by atoms with Gasteiger partial charge in [0.15, 0.2) is 0 Å². The number of piperidine rings is 1. The second-order valence-electron chi connectivity index (χ2n) is 4.66. The van der Waals surface area contributed by atoms with Crippen molar-refractivity contribution in [3.05, 3.63) is 34.7 Å². The van der Waals surface area contributed by atoms with Gasteiger partial charge in [0.25, 0.3) is 0 Å². The lowest BCUT2D eigenvalue weighted by atomic mass is 9.96. The van der Waals surface area contributed by atoms with Crippen molar-refractivity contribution >= 4 is 21.4 Å². The van der Waals surface area contributed by atoms with E-state index in [1.165, 1.54) is 41.6 Å². The molecule has 0 radical (unpaired) electrons. The van der Waals surface area contributed by atoms with Gasteiger partial charge in [-0.1, -0.05) is 12.1 Å². The van der Waals surface area contributed by atoms with E-state index in [1.54, 1.807) is 4.88 Å². The molecule has 1 aliphatic heterocycles. The zero-order valence-corrected chi connectivity index (χ0v) is 10.4. The molecule has 0 unspecified atom stereocenters. The number of hydrogen-bond donors (Lipinski definition) is 1. The van der Waals surface area contributed by atoms with E-state index in [-0.39, 0.29) is 0 Å². The Morgan fingerprint density at radius 3 is 2.81 bits per heavy atom. The van der Waals surface area contributed by atoms with Crippen LogP contribution >= 0.6 is 11.3 Å². The summed E-state index contributed by atoms with van der Waals surface area (Å²) in [6.45, 7) is 4.57. The maximum absolute atomic E-state index is 3.43. The number of fused-ring (bicyclic) bond motifs is 1. The zero-order chi connectivity index (χ0) is 11.0. The average molecular weight is 231 g/mol. The van der Waals surface area contributed by atoms with E-state index >= 15 is 0 Å². The van der Waals surface area contributed by atoms with Crippen LogP contribution in [-0.2, 0) is 0 Å². The third kappa shape index (κ3) is 1.76. The Morgan fingerprint density at radius 2 is 2.06 bits per heavy atom. The van der Waals surface area contributed by atoms with E-state index < -0.39 is 0 Å². The lowest BCUT2D eigenvalue weighted by molar-refractivity contribution is 0.465. The first-order valence-electron chi connectivity index (χ1n) is 6.04. The molecule has 2 heteroatoms. The highest BCUT2D eigenvalue weighted by Crippen LogP contribution is 2.36. The third-order valence-electron chi connectivity index (χ3n) is 3.54. The van der Waals surface area contributed by atoms with Gasteiger partial charge >= 0.3 is 0 Å². The van der Waals surface area contributed by atoms with Crippen LogP contribution in [0.1, 0.15) is 29.2 Å². The monoisotopic (exact) mass is 231 g/mol. The summed E-state index contributed by atoms with van der Waals surface area (Å²) in [5.74, 6) is 0.790. The number of aryl methyl sites for hydroxylation is 1. The predicted octanol–water partition coefficient (Wildman–Crippen LogP) is 3.68. The molecule has 0 saturated carbocycles. The summed E-state index contributed by atoms with van der Waals surface area (Å²) in [6.07, 6.45) is 2.59. The summed E-state index contributed by atoms with van der Waals surface area (Å²) in [6, 6.07) is 9.05. The number of benzene rings is 1. The maximum atomic E-state index is 3.43. The average Bonchev–Trinajstić information content (AvgIpc) is 2.76. The van der Waals surface area contributed by atoms with Gasteiger partial charge < -0.3 is 5.32 Å². The first-order valence-corrected chi connectivity index (χ1v) is 6.86. The summed E-state index contributed by atoms with van der Waals surface area (Å²) in [4.78, 5) is 1.59. The second-order valence-corrected chi connectivity index (χ2v) is 5.78. The number of nitrogens with one attached hydrogen (secondary N) is 1. The number of hydrogen-bond acceptors (Lipinski definition) is 2. The Bertz CT molecular complexity index is 494. The smallest absolute Gasteiger partial charge is 0.0348 e. The van der Waals surface area contributed by atoms with E-state index in [9.17, 15) is 0 Å². The van der Waals surface area contributed by atoms with Crippen molar-refractivity contribution in [3.63, 3.8) is 0 Å². The van der Waals surface area contributed by atoms with Gasteiger partial charge in [-0.25, -0.2) is 0 Å². The Morgan fingerprint density at radius 1 is 1.25 bits per heavy atom. The molecular formula is C14H17NS. The van der Waals surface area contributed by atoms with Crippen LogP contribution in [0, 0.1) is 6.92 Å². The summed E-state index contributed by atoms with van der Waals surface area (Å²) in [5.41, 5.74) is 1.41. The Labute approximate surface area is 100 Å². The molecule has 0 atom stereocenters. The highest BCUT2D eigenvalue weighted by Gasteiger charge is 2.17. The van der Waals surface area contributed by atoms with Gasteiger partial charge in [0.2, 0.25) is 0 Å². The van der Waals surface area contributed by atoms with Crippen molar-refractivity contribution in [2.75, 3.05) is 13.1 Å². The van der Waals surface area contributed by atoms with Crippen LogP contribution < -0.4 is 5.32 Å². The van der Waals surface area contributed by atoms with Crippen LogP contribution in [0.4, 0.5) is 0 Å². The SMILES string of the molecule is Cc1cccc2sc(C3CCNCC3)cc12. The molecule has 1 N–H and O–H groups in total. The summed E-state index contributed by atoms with van der Waals surface area (Å²) < 4.78 is 1.45. The number of rotatable bonds is 1. The fourth-order valence-corrected chi connectivity index (χ4v) is 3.84. The lowest BCUT2D eigenvalue weighted by Crippen LogP contribution is -2.26. The van der Waals surface area contributed by atoms with E-state index in [4.69, 9.17) is 0 Å². The lowest BCUT2D eigenvalue weighted by Gasteiger charge is -2.21. The van der Waals surface area contributed by atoms with Crippen LogP contribution in [0.5, 0.6) is 0 Å². The third-order valence-corrected chi connectivity index (χ3v) is 4.80. The van der Waals surface area contributed by atoms with Crippen molar-refractivity contribution in [3.8, 4) is 0 Å². The van der Waals surface area contributed by atoms with Crippen LogP contribution in [0.3, 0.4) is 0 Å². The molecule has 1 aromatic carbocycles. The number of thiophene rings is 1. The Balaban J connectivity index is 2.01. The normalized spacial score (nSPS) is 18.1. The summed E-state index contributed by atoms with van der Waals surface area (Å²) in [7, 11) is 0. The summed E-state index contributed by atoms with van der Waals surface area (Å²) in [5, 5.41) is 4.89. The molecule has 1 nitrogen and oxygen atoms in total. The molecule has 1 aliphatic rings. The van der Waals surface area contributed by atoms with Gasteiger partial charge in [0.05, 0.1) is 0 Å². The first-order chi connectivity index (χ1) is 7.84. The second kappa shape index (κ2) is 4.19. The van der Waals surface area contributed by atoms with E-state index in [2.05, 4.69) is 36.5 Å². The first kappa shape index (κ1) is 10.3. The molecule has 0 spiro atoms. The topological polar surface area (TPSA) is 12.0 Å². The molecule has 0 aliphatic carbocycles. The summed E-state index contributed by atoms with van der Waals surface area (Å²) >= 11 is 1.99. The van der Waals surface area contributed by atoms with Gasteiger partial charge in [0.1, 0.15) is 0 Å². The molecule has 2 heterocycles. The zero-order valence-electron chi connectivity index (χ0n) is 9.62. The Kier molecular flexibility index (Phi) is 2.70. The molecule has 84 valence electrons. The highest BCUT2D eigenvalue weighted by molar-refractivity contribution is 7.19. The molecule has 16 heavy (non-hydrogen) atoms. The van der Waals surface area contributed by atoms with Gasteiger partial charge in [-0.2, -0.15) is 0 Å². The van der Waals surface area contributed by atoms with Crippen molar-refractivity contribution in [2.24, 2.45) is 0 Å². The minimum atomic E-state index is 0.790. The Hall–Kier alpha value is -0.860.